The molecule has 0 bridgehead atoms. The number of aliphatic hydroxyl groups is 2. The summed E-state index contributed by atoms with van der Waals surface area (Å²) in [5.41, 5.74) is -0.379. The van der Waals surface area contributed by atoms with Crippen molar-refractivity contribution in [3.8, 4) is 0 Å². The molecular weight excluding hydrogens is 2030 g/mol. The van der Waals surface area contributed by atoms with Gasteiger partial charge in [0.1, 0.15) is 131 Å². The van der Waals surface area contributed by atoms with Crippen molar-refractivity contribution < 1.29 is 181 Å². The molecule has 38 nitrogen and oxygen atoms in total. The van der Waals surface area contributed by atoms with Crippen LogP contribution in [0.4, 0.5) is 0 Å². The highest BCUT2D eigenvalue weighted by Gasteiger charge is 2.42. The highest BCUT2D eigenvalue weighted by molar-refractivity contribution is 9.09. The molecule has 14 aliphatic rings. The van der Waals surface area contributed by atoms with Crippen LogP contribution < -0.4 is 0 Å². The lowest BCUT2D eigenvalue weighted by Crippen LogP contribution is -2.51. The van der Waals surface area contributed by atoms with Crippen LogP contribution in [0.3, 0.4) is 0 Å². The van der Waals surface area contributed by atoms with E-state index in [1.165, 1.54) is 0 Å². The van der Waals surface area contributed by atoms with E-state index < -0.39 is 24.4 Å². The van der Waals surface area contributed by atoms with E-state index in [-0.39, 0.29) is 72.9 Å². The molecule has 14 fully saturated rings. The van der Waals surface area contributed by atoms with E-state index in [1.54, 1.807) is 0 Å². The van der Waals surface area contributed by atoms with Crippen molar-refractivity contribution in [1.29, 1.82) is 0 Å². The summed E-state index contributed by atoms with van der Waals surface area (Å²) in [7, 11) is 0. The molecule has 0 aromatic rings. The molecule has 0 radical (unpaired) electrons. The van der Waals surface area contributed by atoms with E-state index in [0.29, 0.717) is 308 Å². The Kier molecular flexibility index (Phi) is 71.2. The summed E-state index contributed by atoms with van der Waals surface area (Å²) in [4.78, 5) is 0. The number of alkyl halides is 2. The number of rotatable bonds is 85. The Bertz CT molecular complexity index is 2840. The molecule has 0 amide bonds. The minimum Gasteiger partial charge on any atom is -0.388 e. The first-order valence-corrected chi connectivity index (χ1v) is 56.2. The monoisotopic (exact) mass is 2220 g/mol. The first kappa shape index (κ1) is 131. The van der Waals surface area contributed by atoms with Crippen LogP contribution in [0.5, 0.6) is 0 Å². The molecule has 0 aromatic heterocycles. The van der Waals surface area contributed by atoms with Crippen molar-refractivity contribution in [3.05, 3.63) is 0 Å². The van der Waals surface area contributed by atoms with Crippen LogP contribution in [-0.2, 0) is 171 Å². The molecule has 14 rings (SSSR count). The van der Waals surface area contributed by atoms with Crippen LogP contribution in [0.15, 0.2) is 0 Å². The summed E-state index contributed by atoms with van der Waals surface area (Å²) in [6.07, 6.45) is 6.17. The third-order valence-electron chi connectivity index (χ3n) is 22.9. The van der Waals surface area contributed by atoms with Crippen molar-refractivity contribution in [2.45, 2.75) is 266 Å². The molecule has 2 N–H and O–H groups in total. The normalized spacial score (nSPS) is 26.5. The Morgan fingerprint density at radius 2 is 0.497 bits per heavy atom. The number of hydrogen-bond donors (Lipinski definition) is 2. The maximum Gasteiger partial charge on any atom is 0.149 e. The van der Waals surface area contributed by atoms with E-state index in [4.69, 9.17) is 171 Å². The fourth-order valence-electron chi connectivity index (χ4n) is 13.0. The second-order valence-electron chi connectivity index (χ2n) is 43.7. The predicted molar refractivity (Wildman–Crippen MR) is 546 cm³/mol. The lowest BCUT2D eigenvalue weighted by Gasteiger charge is -2.33. The number of ether oxygens (including phenoxy) is 36. The van der Waals surface area contributed by atoms with Gasteiger partial charge < -0.3 is 181 Å². The Balaban J connectivity index is 0.000000229. The standard InChI is InChI=1S/C19H34O9.C18H32O7.C16H30O5.C13H24O3.C12H22Br2O3.C10H20O4.C9H18O4.C8H16O3/c1-12(2)3-22-10-16(20)18(21)19(28-9-15-7-26-15)17(27-8-14-6-25-14)11-23-4-13-5-24-13;1-14(2)3-19-10-18(11-20-4-15-7-23-15,12-21-5-16-8-24-16)13-22-6-17-9-25-17;1-4-16(10-17-5-13(2)3,11-18-6-14-8-20-14)12-19-7-15-9-21-15;1-10(2)7-14-11-3-5-12(6-4-11)15-8-13-9-16-13;1-10(2)3-15-8-12(6-13,7-14)9-16-4-11-5-17-11;1-9(2)5-13-8-12-4-3-11-6-10-7-14-10;1-8(2)3-10-6-12-7-11-4-9-5-13-9;1-7(2)3-9-6-10-4-8-5-11-8/h12-21H,3-11H2,1-2H3;14-17H,3-13H2,1-2H3;13-15H,4-12H2,1-3H3;10-13H,3-9H2,1-2H3;10-11H,3-9H2,1-2H3;9-10H,3-8H2,1-2H3;8-9H,3-7H2,1-2H3;7-8H,3-6H2,1-2H3. The van der Waals surface area contributed by atoms with Crippen molar-refractivity contribution in [2.75, 3.05) is 348 Å². The van der Waals surface area contributed by atoms with Gasteiger partial charge in [-0.05, 0) is 79.4 Å². The number of hydrogen-bond acceptors (Lipinski definition) is 38. The Labute approximate surface area is 885 Å². The molecule has 13 saturated heterocycles. The van der Waals surface area contributed by atoms with Gasteiger partial charge in [0.15, 0.2) is 0 Å². The van der Waals surface area contributed by atoms with Crippen molar-refractivity contribution in [3.63, 3.8) is 0 Å². The Morgan fingerprint density at radius 3 is 0.848 bits per heavy atom. The zero-order valence-corrected chi connectivity index (χ0v) is 94.6. The third kappa shape index (κ3) is 76.7. The summed E-state index contributed by atoms with van der Waals surface area (Å²) in [5.74, 6) is 4.26. The van der Waals surface area contributed by atoms with Crippen LogP contribution in [-0.4, -0.2) is 475 Å². The largest absolute Gasteiger partial charge is 0.388 e. The first-order chi connectivity index (χ1) is 70.0. The Morgan fingerprint density at radius 1 is 0.241 bits per heavy atom. The van der Waals surface area contributed by atoms with E-state index >= 15 is 0 Å². The molecule has 0 spiro atoms. The molecule has 13 aliphatic heterocycles. The maximum atomic E-state index is 10.8. The van der Waals surface area contributed by atoms with E-state index in [1.807, 2.05) is 13.8 Å². The van der Waals surface area contributed by atoms with Gasteiger partial charge in [0, 0.05) is 54.5 Å². The number of epoxide rings is 13. The smallest absolute Gasteiger partial charge is 0.149 e. The van der Waals surface area contributed by atoms with Crippen molar-refractivity contribution >= 4 is 31.9 Å². The van der Waals surface area contributed by atoms with Crippen LogP contribution >= 0.6 is 31.9 Å². The van der Waals surface area contributed by atoms with Gasteiger partial charge in [0.2, 0.25) is 0 Å². The maximum absolute atomic E-state index is 10.8. The lowest BCUT2D eigenvalue weighted by atomic mass is 9.88. The van der Waals surface area contributed by atoms with Crippen molar-refractivity contribution in [1.82, 2.24) is 0 Å². The minimum absolute atomic E-state index is 0.0176. The molecule has 1 saturated carbocycles. The lowest BCUT2D eigenvalue weighted by molar-refractivity contribution is -0.173. The highest BCUT2D eigenvalue weighted by Crippen LogP contribution is 2.32. The fourth-order valence-corrected chi connectivity index (χ4v) is 14.6. The zero-order valence-electron chi connectivity index (χ0n) is 91.4. The van der Waals surface area contributed by atoms with E-state index in [0.717, 1.165) is 155 Å². The quantitative estimate of drug-likeness (QED) is 0.0247. The molecular formula is C105H196Br2O38. The van der Waals surface area contributed by atoms with Gasteiger partial charge in [-0.25, -0.2) is 0 Å². The van der Waals surface area contributed by atoms with Gasteiger partial charge in [-0.1, -0.05) is 150 Å². The zero-order chi connectivity index (χ0) is 105. The van der Waals surface area contributed by atoms with Crippen molar-refractivity contribution in [2.24, 2.45) is 63.6 Å². The topological polar surface area (TPSA) is 416 Å². The molecule has 0 aromatic carbocycles. The summed E-state index contributed by atoms with van der Waals surface area (Å²) >= 11 is 7.12. The minimum atomic E-state index is -1.18. The summed E-state index contributed by atoms with van der Waals surface area (Å²) < 4.78 is 195. The average Bonchev–Trinajstić information content (AvgIpc) is 1.60. The molecule has 17 atom stereocenters. The first-order valence-electron chi connectivity index (χ1n) is 54.0. The SMILES string of the molecule is CC(C)COC1CCC(OCC2CO2)CC1.CC(C)COCC(CBr)(CBr)COCC1CO1.CC(C)COCC(COCC1CO1)(COCC1CO1)COCC1CO1.CC(C)COCC(O)C(O)C(OCC1CO1)C(COCC1CO1)OCC1CO1.CC(C)COCOCC1CO1.CC(C)COCOCCOCC1CO1.CC(C)COCOCOCC1CO1.CCC(COCC(C)C)(COCC1CO1)COCC1CO1. The second kappa shape index (κ2) is 78.6. The van der Waals surface area contributed by atoms with Gasteiger partial charge in [0.05, 0.1) is 295 Å². The van der Waals surface area contributed by atoms with Gasteiger partial charge in [0.25, 0.3) is 0 Å². The molecule has 40 heteroatoms. The van der Waals surface area contributed by atoms with Crippen LogP contribution in [0.25, 0.3) is 0 Å². The molecule has 858 valence electrons. The fraction of sp³-hybridized carbons (Fsp3) is 1.00. The van der Waals surface area contributed by atoms with Gasteiger partial charge in [-0.15, -0.1) is 0 Å². The molecule has 13 heterocycles. The van der Waals surface area contributed by atoms with Crippen LogP contribution in [0, 0.1) is 63.6 Å². The highest BCUT2D eigenvalue weighted by atomic mass is 79.9. The van der Waals surface area contributed by atoms with Gasteiger partial charge >= 0.3 is 0 Å². The third-order valence-corrected chi connectivity index (χ3v) is 25.3. The number of halogens is 2. The van der Waals surface area contributed by atoms with E-state index in [2.05, 4.69) is 136 Å². The molecule has 1 aliphatic carbocycles. The molecule has 17 unspecified atom stereocenters. The van der Waals surface area contributed by atoms with Crippen LogP contribution in [0.2, 0.25) is 0 Å². The van der Waals surface area contributed by atoms with E-state index in [9.17, 15) is 10.2 Å². The number of aliphatic hydroxyl groups excluding tert-OH is 2. The predicted octanol–water partition coefficient (Wildman–Crippen LogP) is 10.5. The molecule has 145 heavy (non-hydrogen) atoms. The average molecular weight is 2230 g/mol. The van der Waals surface area contributed by atoms with Gasteiger partial charge in [-0.3, -0.25) is 0 Å². The van der Waals surface area contributed by atoms with Crippen LogP contribution in [0.1, 0.15) is 150 Å². The summed E-state index contributed by atoms with van der Waals surface area (Å²) in [6, 6.07) is 0. The van der Waals surface area contributed by atoms with Gasteiger partial charge in [-0.2, -0.15) is 0 Å². The summed E-state index contributed by atoms with van der Waals surface area (Å²) in [6.45, 7) is 68.7. The second-order valence-corrected chi connectivity index (χ2v) is 44.8. The summed E-state index contributed by atoms with van der Waals surface area (Å²) in [5, 5.41) is 22.9. The Hall–Kier alpha value is -0.560.